The Morgan fingerprint density at radius 2 is 0.500 bits per heavy atom. The molecule has 0 aromatic heterocycles. The number of carbonyl (C=O) groups excluding carboxylic acids is 3. The molecular formula is C72H130O6. The maximum Gasteiger partial charge on any atom is 0.306 e. The molecule has 0 rings (SSSR count). The third-order valence-electron chi connectivity index (χ3n) is 15.3. The van der Waals surface area contributed by atoms with Crippen molar-refractivity contribution in [3.63, 3.8) is 0 Å². The van der Waals surface area contributed by atoms with Crippen molar-refractivity contribution in [3.05, 3.63) is 60.8 Å². The Balaban J connectivity index is 4.31. The van der Waals surface area contributed by atoms with Gasteiger partial charge >= 0.3 is 17.9 Å². The van der Waals surface area contributed by atoms with Crippen LogP contribution < -0.4 is 0 Å². The van der Waals surface area contributed by atoms with E-state index in [0.29, 0.717) is 19.3 Å². The van der Waals surface area contributed by atoms with Crippen LogP contribution in [-0.4, -0.2) is 37.2 Å². The SMILES string of the molecule is CC/C=C\C/C=C\C/C=C\C/C=C\CCCCCCCCC(=O)OC(COC(=O)CCCCCCCCCCCCCCC/C=C\CCCCCCCCCC)COC(=O)CCCCCCCCCCCCCCCCCC. The van der Waals surface area contributed by atoms with Gasteiger partial charge in [-0.25, -0.2) is 0 Å². The van der Waals surface area contributed by atoms with Crippen molar-refractivity contribution in [1.29, 1.82) is 0 Å². The molecule has 0 aliphatic carbocycles. The lowest BCUT2D eigenvalue weighted by Crippen LogP contribution is -2.30. The molecule has 0 N–H and O–H groups in total. The molecule has 0 aliphatic heterocycles. The van der Waals surface area contributed by atoms with E-state index < -0.39 is 6.10 Å². The summed E-state index contributed by atoms with van der Waals surface area (Å²) in [5, 5.41) is 0. The zero-order chi connectivity index (χ0) is 56.4. The number of unbranched alkanes of at least 4 members (excludes halogenated alkanes) is 42. The number of ether oxygens (including phenoxy) is 3. The standard InChI is InChI=1S/C72H130O6/c1-4-7-10-13-16-19-22-25-28-31-33-34-35-36-37-38-40-41-44-47-50-53-56-59-62-65-71(74)77-68-69(67-76-70(73)64-61-58-55-52-49-46-43-30-27-24-21-18-15-12-9-6-3)78-72(75)66-63-60-57-54-51-48-45-42-39-32-29-26-23-20-17-14-11-8-5-2/h8,11,17,20,26,29,31,33,39,42,69H,4-7,9-10,12-16,18-19,21-25,27-28,30,32,34-38,40-41,43-68H2,1-3H3/b11-8-,20-17-,29-26-,33-31-,42-39-. The Kier molecular flexibility index (Phi) is 64.2. The highest BCUT2D eigenvalue weighted by molar-refractivity contribution is 5.71. The molecule has 1 atom stereocenters. The molecule has 0 bridgehead atoms. The summed E-state index contributed by atoms with van der Waals surface area (Å²) >= 11 is 0. The van der Waals surface area contributed by atoms with Crippen molar-refractivity contribution in [2.45, 2.75) is 367 Å². The van der Waals surface area contributed by atoms with Crippen molar-refractivity contribution >= 4 is 17.9 Å². The van der Waals surface area contributed by atoms with Gasteiger partial charge in [0.1, 0.15) is 13.2 Å². The quantitative estimate of drug-likeness (QED) is 0.0261. The molecule has 0 fully saturated rings. The van der Waals surface area contributed by atoms with E-state index in [1.165, 1.54) is 225 Å². The fourth-order valence-corrected chi connectivity index (χ4v) is 10.1. The Hall–Kier alpha value is -2.89. The number of carbonyl (C=O) groups is 3. The van der Waals surface area contributed by atoms with Crippen LogP contribution in [0.4, 0.5) is 0 Å². The minimum Gasteiger partial charge on any atom is -0.462 e. The normalized spacial score (nSPS) is 12.4. The predicted octanol–water partition coefficient (Wildman–Crippen LogP) is 23.5. The fraction of sp³-hybridized carbons (Fsp3) is 0.819. The number of allylic oxidation sites excluding steroid dienone is 10. The van der Waals surface area contributed by atoms with Crippen molar-refractivity contribution in [3.8, 4) is 0 Å². The molecule has 0 spiro atoms. The zero-order valence-corrected chi connectivity index (χ0v) is 52.2. The van der Waals surface area contributed by atoms with Crippen LogP contribution in [-0.2, 0) is 28.6 Å². The van der Waals surface area contributed by atoms with Crippen LogP contribution in [0.1, 0.15) is 361 Å². The van der Waals surface area contributed by atoms with E-state index in [9.17, 15) is 14.4 Å². The van der Waals surface area contributed by atoms with Gasteiger partial charge in [0, 0.05) is 19.3 Å². The van der Waals surface area contributed by atoms with E-state index in [2.05, 4.69) is 81.5 Å². The van der Waals surface area contributed by atoms with Gasteiger partial charge in [-0.05, 0) is 83.5 Å². The van der Waals surface area contributed by atoms with E-state index in [0.717, 1.165) is 96.3 Å². The van der Waals surface area contributed by atoms with Crippen LogP contribution >= 0.6 is 0 Å². The van der Waals surface area contributed by atoms with Crippen molar-refractivity contribution < 1.29 is 28.6 Å². The fourth-order valence-electron chi connectivity index (χ4n) is 10.1. The third kappa shape index (κ3) is 63.9. The van der Waals surface area contributed by atoms with Gasteiger partial charge in [0.2, 0.25) is 0 Å². The Morgan fingerprint density at radius 3 is 0.795 bits per heavy atom. The van der Waals surface area contributed by atoms with E-state index >= 15 is 0 Å². The summed E-state index contributed by atoms with van der Waals surface area (Å²) in [7, 11) is 0. The molecule has 0 heterocycles. The molecule has 6 nitrogen and oxygen atoms in total. The van der Waals surface area contributed by atoms with Crippen LogP contribution in [0.15, 0.2) is 60.8 Å². The summed E-state index contributed by atoms with van der Waals surface area (Å²) in [4.78, 5) is 38.4. The highest BCUT2D eigenvalue weighted by Crippen LogP contribution is 2.18. The van der Waals surface area contributed by atoms with Gasteiger partial charge in [-0.15, -0.1) is 0 Å². The average molecular weight is 1090 g/mol. The third-order valence-corrected chi connectivity index (χ3v) is 15.3. The molecule has 6 heteroatoms. The van der Waals surface area contributed by atoms with Crippen LogP contribution in [0.25, 0.3) is 0 Å². The van der Waals surface area contributed by atoms with Gasteiger partial charge in [-0.2, -0.15) is 0 Å². The van der Waals surface area contributed by atoms with Crippen LogP contribution in [0.2, 0.25) is 0 Å². The highest BCUT2D eigenvalue weighted by Gasteiger charge is 2.19. The summed E-state index contributed by atoms with van der Waals surface area (Å²) in [5.41, 5.74) is 0. The first-order valence-corrected chi connectivity index (χ1v) is 34.3. The first-order chi connectivity index (χ1) is 38.5. The van der Waals surface area contributed by atoms with Crippen LogP contribution in [0, 0.1) is 0 Å². The van der Waals surface area contributed by atoms with E-state index in [-0.39, 0.29) is 31.1 Å². The second-order valence-electron chi connectivity index (χ2n) is 23.1. The largest absolute Gasteiger partial charge is 0.462 e. The summed E-state index contributed by atoms with van der Waals surface area (Å²) in [5.74, 6) is -0.867. The average Bonchev–Trinajstić information content (AvgIpc) is 3.44. The molecule has 78 heavy (non-hydrogen) atoms. The summed E-state index contributed by atoms with van der Waals surface area (Å²) < 4.78 is 17.0. The number of hydrogen-bond donors (Lipinski definition) is 0. The smallest absolute Gasteiger partial charge is 0.306 e. The summed E-state index contributed by atoms with van der Waals surface area (Å²) in [6.45, 7) is 6.58. The molecule has 1 unspecified atom stereocenters. The molecule has 454 valence electrons. The molecule has 0 saturated heterocycles. The Bertz CT molecular complexity index is 1390. The topological polar surface area (TPSA) is 78.9 Å². The second kappa shape index (κ2) is 66.6. The van der Waals surface area contributed by atoms with E-state index in [1.54, 1.807) is 0 Å². The summed E-state index contributed by atoms with van der Waals surface area (Å²) in [6, 6.07) is 0. The van der Waals surface area contributed by atoms with Gasteiger partial charge in [0.05, 0.1) is 0 Å². The minimum absolute atomic E-state index is 0.0761. The zero-order valence-electron chi connectivity index (χ0n) is 52.2. The van der Waals surface area contributed by atoms with Gasteiger partial charge in [-0.3, -0.25) is 14.4 Å². The van der Waals surface area contributed by atoms with Gasteiger partial charge in [0.25, 0.3) is 0 Å². The summed E-state index contributed by atoms with van der Waals surface area (Å²) in [6.07, 6.45) is 85.2. The van der Waals surface area contributed by atoms with E-state index in [1.807, 2.05) is 0 Å². The van der Waals surface area contributed by atoms with E-state index in [4.69, 9.17) is 14.2 Å². The van der Waals surface area contributed by atoms with Gasteiger partial charge < -0.3 is 14.2 Å². The maximum atomic E-state index is 12.9. The molecular weight excluding hydrogens is 961 g/mol. The van der Waals surface area contributed by atoms with Crippen molar-refractivity contribution in [1.82, 2.24) is 0 Å². The predicted molar refractivity (Wildman–Crippen MR) is 339 cm³/mol. The minimum atomic E-state index is -0.781. The number of rotatable bonds is 63. The second-order valence-corrected chi connectivity index (χ2v) is 23.1. The van der Waals surface area contributed by atoms with Crippen LogP contribution in [0.5, 0.6) is 0 Å². The molecule has 0 saturated carbocycles. The Morgan fingerprint density at radius 1 is 0.269 bits per heavy atom. The van der Waals surface area contributed by atoms with Crippen molar-refractivity contribution in [2.24, 2.45) is 0 Å². The lowest BCUT2D eigenvalue weighted by molar-refractivity contribution is -0.167. The molecule has 0 amide bonds. The highest BCUT2D eigenvalue weighted by atomic mass is 16.6. The number of hydrogen-bond acceptors (Lipinski definition) is 6. The molecule has 0 radical (unpaired) electrons. The monoisotopic (exact) mass is 1090 g/mol. The van der Waals surface area contributed by atoms with Gasteiger partial charge in [-0.1, -0.05) is 319 Å². The lowest BCUT2D eigenvalue weighted by Gasteiger charge is -2.18. The number of esters is 3. The maximum absolute atomic E-state index is 12.9. The Labute approximate surface area is 485 Å². The van der Waals surface area contributed by atoms with Crippen LogP contribution in [0.3, 0.4) is 0 Å². The lowest BCUT2D eigenvalue weighted by atomic mass is 10.0. The molecule has 0 aromatic rings. The molecule has 0 aliphatic rings. The van der Waals surface area contributed by atoms with Crippen molar-refractivity contribution in [2.75, 3.05) is 13.2 Å². The van der Waals surface area contributed by atoms with Gasteiger partial charge in [0.15, 0.2) is 6.10 Å². The first kappa shape index (κ1) is 75.1. The first-order valence-electron chi connectivity index (χ1n) is 34.3. The molecule has 0 aromatic carbocycles.